The molecule has 0 bridgehead atoms. The van der Waals surface area contributed by atoms with E-state index in [-0.39, 0.29) is 25.2 Å². The fourth-order valence-electron chi connectivity index (χ4n) is 4.61. The van der Waals surface area contributed by atoms with Crippen molar-refractivity contribution in [3.8, 4) is 11.5 Å². The van der Waals surface area contributed by atoms with Gasteiger partial charge >= 0.3 is 0 Å². The zero-order valence-electron chi connectivity index (χ0n) is 16.8. The van der Waals surface area contributed by atoms with Gasteiger partial charge in [0.25, 0.3) is 0 Å². The van der Waals surface area contributed by atoms with E-state index in [1.165, 1.54) is 9.80 Å². The third kappa shape index (κ3) is 2.24. The fraction of sp³-hybridized carbons (Fsp3) is 0.273. The summed E-state index contributed by atoms with van der Waals surface area (Å²) in [5.74, 6) is 0.737. The molecule has 1 fully saturated rings. The van der Waals surface area contributed by atoms with Crippen LogP contribution in [0.1, 0.15) is 24.2 Å². The molecule has 0 spiro atoms. The highest BCUT2D eigenvalue weighted by molar-refractivity contribution is 5.97. The van der Waals surface area contributed by atoms with Gasteiger partial charge in [-0.2, -0.15) is 0 Å². The molecule has 6 rings (SSSR count). The maximum Gasteiger partial charge on any atom is 0.245 e. The number of carbonyl (C=O) groups is 2. The summed E-state index contributed by atoms with van der Waals surface area (Å²) >= 11 is 0. The van der Waals surface area contributed by atoms with Crippen LogP contribution in [0.2, 0.25) is 0 Å². The number of aromatic amines is 1. The number of hydrogen-bond acceptors (Lipinski definition) is 4. The van der Waals surface area contributed by atoms with E-state index in [1.54, 1.807) is 25.2 Å². The maximum atomic E-state index is 13.2. The van der Waals surface area contributed by atoms with Crippen molar-refractivity contribution in [2.45, 2.75) is 18.5 Å². The molecule has 2 amide bonds. The second-order valence-electron chi connectivity index (χ2n) is 7.62. The Morgan fingerprint density at radius 2 is 1.97 bits per heavy atom. The predicted octanol–water partition coefficient (Wildman–Crippen LogP) is 2.21. The lowest BCUT2D eigenvalue weighted by Crippen LogP contribution is -2.62. The first-order valence-corrected chi connectivity index (χ1v) is 9.56. The van der Waals surface area contributed by atoms with Crippen LogP contribution in [-0.4, -0.2) is 53.0 Å². The van der Waals surface area contributed by atoms with Gasteiger partial charge < -0.3 is 24.3 Å². The molecule has 2 aromatic carbocycles. The van der Waals surface area contributed by atoms with Crippen molar-refractivity contribution in [3.63, 3.8) is 0 Å². The van der Waals surface area contributed by atoms with Crippen LogP contribution in [-0.2, 0) is 16.0 Å². The molecule has 1 saturated heterocycles. The molecule has 146 valence electrons. The molecule has 0 unspecified atom stereocenters. The molecule has 0 saturated carbocycles. The quantitative estimate of drug-likeness (QED) is 0.691. The van der Waals surface area contributed by atoms with Crippen LogP contribution >= 0.6 is 0 Å². The van der Waals surface area contributed by atoms with E-state index in [0.717, 1.165) is 16.5 Å². The van der Waals surface area contributed by atoms with E-state index in [9.17, 15) is 11.0 Å². The summed E-state index contributed by atoms with van der Waals surface area (Å²) in [5.41, 5.74) is 2.95. The van der Waals surface area contributed by atoms with E-state index >= 15 is 0 Å². The van der Waals surface area contributed by atoms with Crippen LogP contribution in [0.5, 0.6) is 11.5 Å². The maximum absolute atomic E-state index is 13.2. The second kappa shape index (κ2) is 5.76. The minimum atomic E-state index is -1.59. The monoisotopic (exact) mass is 390 g/mol. The first-order chi connectivity index (χ1) is 14.5. The van der Waals surface area contributed by atoms with Crippen LogP contribution < -0.4 is 9.47 Å². The molecule has 2 atom stereocenters. The Labute approximate surface area is 168 Å². The smallest absolute Gasteiger partial charge is 0.245 e. The summed E-state index contributed by atoms with van der Waals surface area (Å²) in [4.78, 5) is 32.5. The summed E-state index contributed by atoms with van der Waals surface area (Å²) in [6, 6.07) is 10.7. The van der Waals surface area contributed by atoms with Crippen molar-refractivity contribution in [2.24, 2.45) is 0 Å². The highest BCUT2D eigenvalue weighted by atomic mass is 16.7. The van der Waals surface area contributed by atoms with Gasteiger partial charge in [0, 0.05) is 30.1 Å². The molecular weight excluding hydrogens is 370 g/mol. The van der Waals surface area contributed by atoms with Crippen molar-refractivity contribution in [1.82, 2.24) is 14.8 Å². The normalized spacial score (nSPS) is 25.8. The number of rotatable bonds is 1. The van der Waals surface area contributed by atoms with Gasteiger partial charge in [0.2, 0.25) is 18.6 Å². The highest BCUT2D eigenvalue weighted by Crippen LogP contribution is 2.44. The van der Waals surface area contributed by atoms with Gasteiger partial charge in [-0.15, -0.1) is 0 Å². The van der Waals surface area contributed by atoms with Gasteiger partial charge in [-0.1, -0.05) is 24.3 Å². The molecule has 7 heteroatoms. The number of benzene rings is 2. The molecule has 29 heavy (non-hydrogen) atoms. The van der Waals surface area contributed by atoms with Gasteiger partial charge in [-0.3, -0.25) is 9.59 Å². The Kier molecular flexibility index (Phi) is 3.07. The van der Waals surface area contributed by atoms with Gasteiger partial charge in [-0.25, -0.2) is 0 Å². The lowest BCUT2D eigenvalue weighted by atomic mass is 9.86. The average molecular weight is 390 g/mol. The van der Waals surface area contributed by atoms with Gasteiger partial charge in [0.15, 0.2) is 11.5 Å². The summed E-state index contributed by atoms with van der Waals surface area (Å²) in [6.07, 6.45) is 0.374. The molecule has 3 aliphatic heterocycles. The van der Waals surface area contributed by atoms with E-state index in [1.807, 2.05) is 24.3 Å². The zero-order valence-corrected chi connectivity index (χ0v) is 15.8. The van der Waals surface area contributed by atoms with Crippen LogP contribution in [0, 0.1) is 0 Å². The average Bonchev–Trinajstić information content (AvgIpc) is 3.36. The lowest BCUT2D eigenvalue weighted by molar-refractivity contribution is -0.157. The van der Waals surface area contributed by atoms with Crippen LogP contribution in [0.3, 0.4) is 0 Å². The third-order valence-electron chi connectivity index (χ3n) is 5.95. The van der Waals surface area contributed by atoms with E-state index in [0.29, 0.717) is 29.2 Å². The molecule has 3 aliphatic rings. The third-order valence-corrected chi connectivity index (χ3v) is 5.95. The van der Waals surface area contributed by atoms with Crippen LogP contribution in [0.25, 0.3) is 10.9 Å². The van der Waals surface area contributed by atoms with Gasteiger partial charge in [0.05, 0.1) is 13.9 Å². The number of nitrogens with zero attached hydrogens (tertiary/aromatic N) is 2. The molecule has 0 radical (unpaired) electrons. The number of para-hydroxylation sites is 1. The first-order valence-electron chi connectivity index (χ1n) is 10.1. The number of carbonyl (C=O) groups excluding carboxylic acids is 2. The number of H-pyrrole nitrogens is 1. The Morgan fingerprint density at radius 3 is 2.86 bits per heavy atom. The molecular formula is C22H19N3O4. The first kappa shape index (κ1) is 15.4. The number of ether oxygens (including phenoxy) is 2. The van der Waals surface area contributed by atoms with E-state index in [4.69, 9.17) is 9.47 Å². The molecule has 0 aliphatic carbocycles. The minimum Gasteiger partial charge on any atom is -0.454 e. The summed E-state index contributed by atoms with van der Waals surface area (Å²) in [7, 11) is 1.63. The number of amides is 2. The SMILES string of the molecule is [2H][C@@]1(c2ccc3c(c2)OCO3)c2[nH]c3ccccc3c2C[C@H]2C(=O)N(C)CC(=O)N21. The van der Waals surface area contributed by atoms with Gasteiger partial charge in [-0.05, 0) is 29.3 Å². The Balaban J connectivity index is 1.65. The standard InChI is InChI=1S/C22H19N3O4/c1-24-10-19(26)25-16(22(24)27)9-14-13-4-2-3-5-15(13)23-20(14)21(25)12-6-7-17-18(8-12)29-11-28-17/h2-8,16,21,23H,9-11H2,1H3/t16-,21+/m0/s1/i21D. The Bertz CT molecular complexity index is 1240. The number of fused-ring (bicyclic) bond motifs is 5. The second-order valence-corrected chi connectivity index (χ2v) is 7.62. The lowest BCUT2D eigenvalue weighted by Gasteiger charge is -2.46. The van der Waals surface area contributed by atoms with Gasteiger partial charge in [0.1, 0.15) is 6.04 Å². The number of hydrogen-bond donors (Lipinski definition) is 1. The molecule has 1 aromatic heterocycles. The van der Waals surface area contributed by atoms with Crippen molar-refractivity contribution < 1.29 is 20.4 Å². The Morgan fingerprint density at radius 1 is 1.14 bits per heavy atom. The van der Waals surface area contributed by atoms with Crippen LogP contribution in [0.15, 0.2) is 42.5 Å². The molecule has 4 heterocycles. The highest BCUT2D eigenvalue weighted by Gasteiger charge is 2.47. The predicted molar refractivity (Wildman–Crippen MR) is 105 cm³/mol. The number of likely N-dealkylation sites (N-methyl/N-ethyl adjacent to an activating group) is 1. The molecule has 7 nitrogen and oxygen atoms in total. The molecule has 3 aromatic rings. The van der Waals surface area contributed by atoms with E-state index < -0.39 is 12.1 Å². The fourth-order valence-corrected chi connectivity index (χ4v) is 4.61. The van der Waals surface area contributed by atoms with Crippen molar-refractivity contribution >= 4 is 22.7 Å². The number of aromatic nitrogens is 1. The summed E-state index contributed by atoms with van der Waals surface area (Å²) in [5, 5.41) is 0.970. The minimum absolute atomic E-state index is 0.0456. The van der Waals surface area contributed by atoms with Crippen molar-refractivity contribution in [1.29, 1.82) is 0 Å². The number of nitrogens with one attached hydrogen (secondary N) is 1. The zero-order chi connectivity index (χ0) is 20.6. The Hall–Kier alpha value is -3.48. The summed E-state index contributed by atoms with van der Waals surface area (Å²) in [6.45, 7) is 0.0754. The van der Waals surface area contributed by atoms with Crippen molar-refractivity contribution in [3.05, 3.63) is 59.3 Å². The molecule has 1 N–H and O–H groups in total. The summed E-state index contributed by atoms with van der Waals surface area (Å²) < 4.78 is 20.6. The topological polar surface area (TPSA) is 74.9 Å². The largest absolute Gasteiger partial charge is 0.454 e. The van der Waals surface area contributed by atoms with Crippen LogP contribution in [0.4, 0.5) is 0 Å². The van der Waals surface area contributed by atoms with E-state index in [2.05, 4.69) is 4.98 Å². The van der Waals surface area contributed by atoms with Crippen molar-refractivity contribution in [2.75, 3.05) is 20.4 Å². The number of piperazine rings is 1.